The quantitative estimate of drug-likeness (QED) is 0.828. The Morgan fingerprint density at radius 3 is 2.46 bits per heavy atom. The maximum Gasteiger partial charge on any atom is 0.253 e. The molecule has 1 atom stereocenters. The van der Waals surface area contributed by atoms with E-state index in [9.17, 15) is 14.4 Å². The van der Waals surface area contributed by atoms with Gasteiger partial charge in [0, 0.05) is 43.6 Å². The number of rotatable bonds is 4. The summed E-state index contributed by atoms with van der Waals surface area (Å²) in [4.78, 5) is 38.6. The van der Waals surface area contributed by atoms with Gasteiger partial charge in [-0.1, -0.05) is 11.8 Å². The van der Waals surface area contributed by atoms with Gasteiger partial charge in [0.05, 0.1) is 6.61 Å². The highest BCUT2D eigenvalue weighted by Gasteiger charge is 2.31. The van der Waals surface area contributed by atoms with Crippen molar-refractivity contribution in [1.82, 2.24) is 0 Å². The van der Waals surface area contributed by atoms with Crippen molar-refractivity contribution in [3.05, 3.63) is 24.3 Å². The molecule has 2 heterocycles. The van der Waals surface area contributed by atoms with Crippen molar-refractivity contribution >= 4 is 40.1 Å². The number of nitrogens with zero attached hydrogens (tertiary/aromatic N) is 2. The Hall–Kier alpha value is -1.86. The lowest BCUT2D eigenvalue weighted by Gasteiger charge is -2.27. The van der Waals surface area contributed by atoms with Crippen molar-refractivity contribution in [2.24, 2.45) is 5.92 Å². The lowest BCUT2D eigenvalue weighted by Crippen LogP contribution is -2.41. The lowest BCUT2D eigenvalue weighted by atomic mass is 10.1. The normalized spacial score (nSPS) is 21.5. The number of ether oxygens (including phenoxy) is 1. The summed E-state index contributed by atoms with van der Waals surface area (Å²) < 4.78 is 5.13. The first-order valence-corrected chi connectivity index (χ1v) is 8.95. The van der Waals surface area contributed by atoms with Gasteiger partial charge in [-0.25, -0.2) is 0 Å². The molecule has 1 aromatic rings. The van der Waals surface area contributed by atoms with E-state index in [2.05, 4.69) is 0 Å². The standard InChI is InChI=1S/C17H20N2O4S/c1-12(20)24-11-13-8-16(21)19(9-13)15-4-2-14(3-5-15)18-6-7-23-10-17(18)22/h2-5,13H,6-11H2,1H3. The van der Waals surface area contributed by atoms with Crippen molar-refractivity contribution in [2.75, 3.05) is 41.9 Å². The second-order valence-corrected chi connectivity index (χ2v) is 7.19. The van der Waals surface area contributed by atoms with Gasteiger partial charge >= 0.3 is 0 Å². The minimum Gasteiger partial charge on any atom is -0.370 e. The summed E-state index contributed by atoms with van der Waals surface area (Å²) in [5, 5.41) is 0.0837. The number of amides is 2. The summed E-state index contributed by atoms with van der Waals surface area (Å²) in [5.74, 6) is 0.914. The molecule has 0 aromatic heterocycles. The predicted molar refractivity (Wildman–Crippen MR) is 93.2 cm³/mol. The van der Waals surface area contributed by atoms with Crippen LogP contribution in [0.3, 0.4) is 0 Å². The third kappa shape index (κ3) is 3.79. The molecule has 2 amide bonds. The van der Waals surface area contributed by atoms with E-state index in [1.807, 2.05) is 24.3 Å². The van der Waals surface area contributed by atoms with Crippen LogP contribution < -0.4 is 9.80 Å². The maximum atomic E-state index is 12.2. The maximum absolute atomic E-state index is 12.2. The molecule has 0 aliphatic carbocycles. The summed E-state index contributed by atoms with van der Waals surface area (Å²) in [7, 11) is 0. The van der Waals surface area contributed by atoms with Gasteiger partial charge in [-0.15, -0.1) is 0 Å². The Morgan fingerprint density at radius 1 is 1.17 bits per heavy atom. The third-order valence-electron chi connectivity index (χ3n) is 4.19. The number of benzene rings is 1. The summed E-state index contributed by atoms with van der Waals surface area (Å²) >= 11 is 1.28. The van der Waals surface area contributed by atoms with Crippen LogP contribution in [0.5, 0.6) is 0 Å². The number of anilines is 2. The molecule has 1 aromatic carbocycles. The van der Waals surface area contributed by atoms with Crippen LogP contribution in [0, 0.1) is 5.92 Å². The largest absolute Gasteiger partial charge is 0.370 e. The lowest BCUT2D eigenvalue weighted by molar-refractivity contribution is -0.125. The van der Waals surface area contributed by atoms with Crippen LogP contribution in [-0.4, -0.2) is 49.0 Å². The molecule has 0 saturated carbocycles. The molecule has 24 heavy (non-hydrogen) atoms. The van der Waals surface area contributed by atoms with Crippen molar-refractivity contribution < 1.29 is 19.1 Å². The molecular weight excluding hydrogens is 328 g/mol. The zero-order chi connectivity index (χ0) is 17.1. The van der Waals surface area contributed by atoms with Crippen molar-refractivity contribution in [3.8, 4) is 0 Å². The molecule has 3 rings (SSSR count). The zero-order valence-corrected chi connectivity index (χ0v) is 14.4. The van der Waals surface area contributed by atoms with Gasteiger partial charge in [0.2, 0.25) is 5.91 Å². The Morgan fingerprint density at radius 2 is 1.83 bits per heavy atom. The SMILES string of the molecule is CC(=O)SCC1CC(=O)N(c2ccc(N3CCOCC3=O)cc2)C1. The molecule has 2 saturated heterocycles. The second kappa shape index (κ2) is 7.36. The summed E-state index contributed by atoms with van der Waals surface area (Å²) in [6.07, 6.45) is 0.476. The van der Waals surface area contributed by atoms with Gasteiger partial charge in [0.25, 0.3) is 5.91 Å². The molecule has 0 radical (unpaired) electrons. The van der Waals surface area contributed by atoms with E-state index in [0.29, 0.717) is 31.9 Å². The van der Waals surface area contributed by atoms with Crippen molar-refractivity contribution in [1.29, 1.82) is 0 Å². The van der Waals surface area contributed by atoms with Crippen LogP contribution in [0.25, 0.3) is 0 Å². The molecule has 2 fully saturated rings. The van der Waals surface area contributed by atoms with Crippen molar-refractivity contribution in [2.45, 2.75) is 13.3 Å². The molecule has 2 aliphatic heterocycles. The molecule has 2 aliphatic rings. The van der Waals surface area contributed by atoms with Gasteiger partial charge in [-0.3, -0.25) is 14.4 Å². The Bertz CT molecular complexity index is 646. The first-order valence-electron chi connectivity index (χ1n) is 7.96. The Kier molecular flexibility index (Phi) is 5.20. The molecule has 6 nitrogen and oxygen atoms in total. The summed E-state index contributed by atoms with van der Waals surface area (Å²) in [6, 6.07) is 7.47. The van der Waals surface area contributed by atoms with Crippen molar-refractivity contribution in [3.63, 3.8) is 0 Å². The van der Waals surface area contributed by atoms with E-state index in [1.54, 1.807) is 16.7 Å². The van der Waals surface area contributed by atoms with E-state index in [0.717, 1.165) is 11.4 Å². The fraction of sp³-hybridized carbons (Fsp3) is 0.471. The average molecular weight is 348 g/mol. The van der Waals surface area contributed by atoms with Crippen LogP contribution in [0.1, 0.15) is 13.3 Å². The first-order chi connectivity index (χ1) is 11.5. The van der Waals surface area contributed by atoms with E-state index < -0.39 is 0 Å². The molecular formula is C17H20N2O4S. The first kappa shape index (κ1) is 17.0. The number of hydrogen-bond acceptors (Lipinski definition) is 5. The zero-order valence-electron chi connectivity index (χ0n) is 13.6. The van der Waals surface area contributed by atoms with Gasteiger partial charge in [-0.05, 0) is 30.2 Å². The fourth-order valence-electron chi connectivity index (χ4n) is 2.98. The average Bonchev–Trinajstić information content (AvgIpc) is 2.94. The van der Waals surface area contributed by atoms with E-state index in [4.69, 9.17) is 4.74 Å². The Labute approximate surface area is 145 Å². The van der Waals surface area contributed by atoms with E-state index in [1.165, 1.54) is 11.8 Å². The van der Waals surface area contributed by atoms with Crippen LogP contribution in [-0.2, 0) is 19.1 Å². The van der Waals surface area contributed by atoms with Crippen LogP contribution in [0.15, 0.2) is 24.3 Å². The topological polar surface area (TPSA) is 66.9 Å². The van der Waals surface area contributed by atoms with Crippen LogP contribution >= 0.6 is 11.8 Å². The highest BCUT2D eigenvalue weighted by atomic mass is 32.2. The van der Waals surface area contributed by atoms with E-state index in [-0.39, 0.29) is 29.5 Å². The molecule has 7 heteroatoms. The van der Waals surface area contributed by atoms with Crippen LogP contribution in [0.2, 0.25) is 0 Å². The molecule has 128 valence electrons. The summed E-state index contributed by atoms with van der Waals surface area (Å²) in [6.45, 7) is 3.38. The highest BCUT2D eigenvalue weighted by Crippen LogP contribution is 2.29. The molecule has 0 bridgehead atoms. The monoisotopic (exact) mass is 348 g/mol. The number of morpholine rings is 1. The fourth-order valence-corrected chi connectivity index (χ4v) is 3.68. The van der Waals surface area contributed by atoms with Gasteiger partial charge in [0.15, 0.2) is 5.12 Å². The highest BCUT2D eigenvalue weighted by molar-refractivity contribution is 8.13. The number of carbonyl (C=O) groups is 3. The van der Waals surface area contributed by atoms with Gasteiger partial charge in [-0.2, -0.15) is 0 Å². The second-order valence-electron chi connectivity index (χ2n) is 5.99. The molecule has 0 N–H and O–H groups in total. The van der Waals surface area contributed by atoms with E-state index >= 15 is 0 Å². The van der Waals surface area contributed by atoms with Gasteiger partial charge < -0.3 is 14.5 Å². The molecule has 1 unspecified atom stereocenters. The van der Waals surface area contributed by atoms with Crippen LogP contribution in [0.4, 0.5) is 11.4 Å². The van der Waals surface area contributed by atoms with Gasteiger partial charge in [0.1, 0.15) is 6.61 Å². The molecule has 0 spiro atoms. The number of hydrogen-bond donors (Lipinski definition) is 0. The number of carbonyl (C=O) groups excluding carboxylic acids is 3. The minimum absolute atomic E-state index is 0.0485. The number of thioether (sulfide) groups is 1. The minimum atomic E-state index is -0.0485. The predicted octanol–water partition coefficient (Wildman–Crippen LogP) is 1.68. The smallest absolute Gasteiger partial charge is 0.253 e. The summed E-state index contributed by atoms with van der Waals surface area (Å²) in [5.41, 5.74) is 1.65. The Balaban J connectivity index is 1.66. The third-order valence-corrected chi connectivity index (χ3v) is 5.23.